The molecule has 0 aliphatic heterocycles. The van der Waals surface area contributed by atoms with Crippen LogP contribution < -0.4 is 29.6 Å². The van der Waals surface area contributed by atoms with Gasteiger partial charge in [0, 0.05) is 6.42 Å². The van der Waals surface area contributed by atoms with Crippen LogP contribution in [0.15, 0.2) is 24.3 Å². The summed E-state index contributed by atoms with van der Waals surface area (Å²) in [7, 11) is 0. The van der Waals surface area contributed by atoms with E-state index in [0.29, 0.717) is 0 Å². The van der Waals surface area contributed by atoms with Crippen LogP contribution in [0.4, 0.5) is 0 Å². The summed E-state index contributed by atoms with van der Waals surface area (Å²) in [5.74, 6) is -4.05. The van der Waals surface area contributed by atoms with Crippen molar-refractivity contribution in [3.05, 3.63) is 29.8 Å². The zero-order valence-corrected chi connectivity index (χ0v) is 12.1. The predicted molar refractivity (Wildman–Crippen MR) is 59.2 cm³/mol. The number of para-hydroxylation sites is 1. The Labute approximate surface area is 131 Å². The molecule has 0 saturated heterocycles. The van der Waals surface area contributed by atoms with Gasteiger partial charge in [0.2, 0.25) is 5.60 Å². The molecule has 0 amide bonds. The summed E-state index contributed by atoms with van der Waals surface area (Å²) < 4.78 is 0. The molecule has 1 aromatic rings. The van der Waals surface area contributed by atoms with E-state index in [1.165, 1.54) is 24.3 Å². The van der Waals surface area contributed by atoms with Gasteiger partial charge in [-0.2, -0.15) is 0 Å². The van der Waals surface area contributed by atoms with E-state index in [4.69, 9.17) is 10.2 Å². The fourth-order valence-corrected chi connectivity index (χ4v) is 1.44. The zero-order chi connectivity index (χ0) is 13.9. The molecule has 0 aliphatic carbocycles. The van der Waals surface area contributed by atoms with E-state index in [0.717, 1.165) is 0 Å². The standard InChI is InChI=1S/C11H12O7.Na.H/c12-7-4-2-1-3-6(7)5-11(18,10(16)17)8(13)9(14)15;;/h1-4,8,12-13,18H,5H2,(H,14,15)(H,16,17);;/q;+1;-1. The van der Waals surface area contributed by atoms with Crippen LogP contribution in [0.25, 0.3) is 0 Å². The number of phenolic OH excluding ortho intramolecular Hbond substituents is 1. The number of aliphatic carboxylic acids is 2. The van der Waals surface area contributed by atoms with E-state index in [9.17, 15) is 24.9 Å². The van der Waals surface area contributed by atoms with Crippen molar-refractivity contribution in [2.24, 2.45) is 0 Å². The van der Waals surface area contributed by atoms with Crippen LogP contribution in [-0.2, 0) is 16.0 Å². The van der Waals surface area contributed by atoms with Crippen molar-refractivity contribution in [2.75, 3.05) is 0 Å². The number of aliphatic hydroxyl groups is 2. The van der Waals surface area contributed by atoms with Crippen molar-refractivity contribution >= 4 is 11.9 Å². The van der Waals surface area contributed by atoms with Crippen LogP contribution in [0.5, 0.6) is 5.75 Å². The number of phenols is 1. The second kappa shape index (κ2) is 6.88. The smallest absolute Gasteiger partial charge is 1.00 e. The van der Waals surface area contributed by atoms with Gasteiger partial charge in [-0.15, -0.1) is 0 Å². The Morgan fingerprint density at radius 2 is 1.79 bits per heavy atom. The van der Waals surface area contributed by atoms with Crippen molar-refractivity contribution in [1.29, 1.82) is 0 Å². The van der Waals surface area contributed by atoms with Gasteiger partial charge in [-0.3, -0.25) is 0 Å². The number of benzene rings is 1. The number of hydrogen-bond acceptors (Lipinski definition) is 5. The summed E-state index contributed by atoms with van der Waals surface area (Å²) in [5, 5.41) is 45.9. The first kappa shape index (κ1) is 17.9. The molecule has 5 N–H and O–H groups in total. The fourth-order valence-electron chi connectivity index (χ4n) is 1.44. The summed E-state index contributed by atoms with van der Waals surface area (Å²) in [6.07, 6.45) is -3.24. The molecule has 0 heterocycles. The molecule has 0 radical (unpaired) electrons. The normalized spacial score (nSPS) is 14.8. The summed E-state index contributed by atoms with van der Waals surface area (Å²) >= 11 is 0. The third-order valence-corrected chi connectivity index (χ3v) is 2.51. The zero-order valence-electron chi connectivity index (χ0n) is 11.1. The molecule has 0 spiro atoms. The first-order chi connectivity index (χ1) is 8.29. The monoisotopic (exact) mass is 280 g/mol. The molecule has 2 unspecified atom stereocenters. The summed E-state index contributed by atoms with van der Waals surface area (Å²) in [5.41, 5.74) is -2.90. The minimum Gasteiger partial charge on any atom is -1.00 e. The minimum atomic E-state index is -2.91. The van der Waals surface area contributed by atoms with E-state index in [2.05, 4.69) is 0 Å². The molecular weight excluding hydrogens is 267 g/mol. The molecule has 1 aromatic carbocycles. The van der Waals surface area contributed by atoms with Gasteiger partial charge in [0.15, 0.2) is 6.10 Å². The number of carboxylic acid groups (broad SMARTS) is 2. The molecule has 0 aliphatic rings. The maximum Gasteiger partial charge on any atom is 1.00 e. The topological polar surface area (TPSA) is 135 Å². The Morgan fingerprint density at radius 1 is 1.26 bits per heavy atom. The van der Waals surface area contributed by atoms with E-state index < -0.39 is 30.1 Å². The van der Waals surface area contributed by atoms with Gasteiger partial charge in [0.1, 0.15) is 5.75 Å². The van der Waals surface area contributed by atoms with Crippen molar-refractivity contribution < 1.29 is 66.1 Å². The number of rotatable bonds is 5. The van der Waals surface area contributed by atoms with Gasteiger partial charge >= 0.3 is 41.5 Å². The van der Waals surface area contributed by atoms with Crippen molar-refractivity contribution in [3.8, 4) is 5.75 Å². The molecule has 8 heteroatoms. The number of carbonyl (C=O) groups is 2. The SMILES string of the molecule is O=C(O)C(O)C(O)(Cc1ccccc1O)C(=O)O.[H-].[Na+]. The maximum absolute atomic E-state index is 10.9. The number of aliphatic hydroxyl groups excluding tert-OH is 1. The Balaban J connectivity index is 0. The van der Waals surface area contributed by atoms with Crippen molar-refractivity contribution in [1.82, 2.24) is 0 Å². The Bertz CT molecular complexity index is 482. The molecule has 0 bridgehead atoms. The van der Waals surface area contributed by atoms with Crippen LogP contribution in [-0.4, -0.2) is 49.2 Å². The fraction of sp³-hybridized carbons (Fsp3) is 0.273. The molecule has 1 rings (SSSR count). The quantitative estimate of drug-likeness (QED) is 0.350. The number of hydrogen-bond donors (Lipinski definition) is 5. The first-order valence-electron chi connectivity index (χ1n) is 4.92. The summed E-state index contributed by atoms with van der Waals surface area (Å²) in [6.45, 7) is 0. The van der Waals surface area contributed by atoms with Gasteiger partial charge in [0.05, 0.1) is 0 Å². The van der Waals surface area contributed by atoms with Gasteiger partial charge in [-0.05, 0) is 11.6 Å². The molecule has 100 valence electrons. The summed E-state index contributed by atoms with van der Waals surface area (Å²) in [4.78, 5) is 21.5. The Hall–Kier alpha value is -1.12. The molecule has 7 nitrogen and oxygen atoms in total. The molecule has 0 fully saturated rings. The van der Waals surface area contributed by atoms with E-state index in [1.807, 2.05) is 0 Å². The molecule has 0 aromatic heterocycles. The van der Waals surface area contributed by atoms with E-state index in [-0.39, 0.29) is 42.3 Å². The van der Waals surface area contributed by atoms with Gasteiger partial charge in [0.25, 0.3) is 0 Å². The van der Waals surface area contributed by atoms with Gasteiger partial charge in [-0.25, -0.2) is 9.59 Å². The summed E-state index contributed by atoms with van der Waals surface area (Å²) in [6, 6.07) is 5.53. The third-order valence-electron chi connectivity index (χ3n) is 2.51. The van der Waals surface area contributed by atoms with Gasteiger partial charge < -0.3 is 27.0 Å². The van der Waals surface area contributed by atoms with E-state index >= 15 is 0 Å². The largest absolute Gasteiger partial charge is 1.00 e. The van der Waals surface area contributed by atoms with Crippen molar-refractivity contribution in [2.45, 2.75) is 18.1 Å². The average molecular weight is 280 g/mol. The van der Waals surface area contributed by atoms with Crippen LogP contribution in [0, 0.1) is 0 Å². The molecule has 0 saturated carbocycles. The van der Waals surface area contributed by atoms with Crippen LogP contribution >= 0.6 is 0 Å². The van der Waals surface area contributed by atoms with Crippen LogP contribution in [0.3, 0.4) is 0 Å². The molecule has 19 heavy (non-hydrogen) atoms. The second-order valence-corrected chi connectivity index (χ2v) is 3.78. The average Bonchev–Trinajstić information content (AvgIpc) is 2.30. The molecule has 2 atom stereocenters. The molecular formula is C11H13NaO7. The maximum atomic E-state index is 10.9. The van der Waals surface area contributed by atoms with Gasteiger partial charge in [-0.1, -0.05) is 18.2 Å². The van der Waals surface area contributed by atoms with Crippen molar-refractivity contribution in [3.63, 3.8) is 0 Å². The minimum absolute atomic E-state index is 0. The number of carboxylic acids is 2. The predicted octanol–water partition coefficient (Wildman–Crippen LogP) is -3.69. The van der Waals surface area contributed by atoms with Crippen LogP contribution in [0.2, 0.25) is 0 Å². The Kier molecular flexibility index (Phi) is 6.47. The second-order valence-electron chi connectivity index (χ2n) is 3.78. The first-order valence-corrected chi connectivity index (χ1v) is 4.92. The third kappa shape index (κ3) is 3.92. The van der Waals surface area contributed by atoms with Crippen LogP contribution in [0.1, 0.15) is 6.99 Å². The number of aromatic hydroxyl groups is 1. The van der Waals surface area contributed by atoms with E-state index in [1.54, 1.807) is 0 Å². The Morgan fingerprint density at radius 3 is 2.21 bits per heavy atom.